The zero-order chi connectivity index (χ0) is 15.4. The Kier molecular flexibility index (Phi) is 4.81. The molecular weight excluding hydrogens is 266 g/mol. The highest BCUT2D eigenvalue weighted by molar-refractivity contribution is 5.43. The first-order chi connectivity index (χ1) is 10.0. The molecule has 2 aromatic rings. The second-order valence-corrected chi connectivity index (χ2v) is 5.27. The molecule has 0 aliphatic heterocycles. The molecule has 0 aliphatic rings. The fourth-order valence-corrected chi connectivity index (χ4v) is 2.17. The van der Waals surface area contributed by atoms with Gasteiger partial charge in [0.1, 0.15) is 17.6 Å². The standard InChI is InChI=1S/C17H21NO3/c1-11(2)21-14-8-13(9-18-10-14)17(19)15-7-12(3)5-6-16(15)20-4/h5-11,17,19H,1-4H3. The van der Waals surface area contributed by atoms with Crippen LogP contribution in [-0.2, 0) is 0 Å². The third-order valence-corrected chi connectivity index (χ3v) is 3.10. The van der Waals surface area contributed by atoms with Crippen LogP contribution >= 0.6 is 0 Å². The molecule has 0 aliphatic carbocycles. The SMILES string of the molecule is COc1ccc(C)cc1C(O)c1cncc(OC(C)C)c1. The Balaban J connectivity index is 2.35. The van der Waals surface area contributed by atoms with Crippen LogP contribution in [0, 0.1) is 6.92 Å². The summed E-state index contributed by atoms with van der Waals surface area (Å²) in [5, 5.41) is 10.6. The van der Waals surface area contributed by atoms with Crippen molar-refractivity contribution in [3.05, 3.63) is 53.3 Å². The van der Waals surface area contributed by atoms with Crippen molar-refractivity contribution in [2.45, 2.75) is 33.0 Å². The molecule has 0 radical (unpaired) electrons. The summed E-state index contributed by atoms with van der Waals surface area (Å²) in [7, 11) is 1.59. The van der Waals surface area contributed by atoms with E-state index in [1.54, 1.807) is 25.6 Å². The van der Waals surface area contributed by atoms with Gasteiger partial charge < -0.3 is 14.6 Å². The van der Waals surface area contributed by atoms with Crippen molar-refractivity contribution in [2.75, 3.05) is 7.11 Å². The molecule has 4 nitrogen and oxygen atoms in total. The molecule has 0 fully saturated rings. The Labute approximate surface area is 125 Å². The Morgan fingerprint density at radius 3 is 2.57 bits per heavy atom. The number of hydrogen-bond acceptors (Lipinski definition) is 4. The van der Waals surface area contributed by atoms with E-state index >= 15 is 0 Å². The van der Waals surface area contributed by atoms with Crippen LogP contribution in [0.2, 0.25) is 0 Å². The summed E-state index contributed by atoms with van der Waals surface area (Å²) in [4.78, 5) is 4.14. The van der Waals surface area contributed by atoms with Crippen molar-refractivity contribution >= 4 is 0 Å². The van der Waals surface area contributed by atoms with E-state index in [0.717, 1.165) is 11.1 Å². The molecule has 0 amide bonds. The number of aliphatic hydroxyl groups excluding tert-OH is 1. The molecule has 0 spiro atoms. The van der Waals surface area contributed by atoms with E-state index in [0.29, 0.717) is 17.1 Å². The van der Waals surface area contributed by atoms with Gasteiger partial charge in [0, 0.05) is 17.3 Å². The number of ether oxygens (including phenoxy) is 2. The third-order valence-electron chi connectivity index (χ3n) is 3.10. The third kappa shape index (κ3) is 3.73. The van der Waals surface area contributed by atoms with Crippen LogP contribution in [0.4, 0.5) is 0 Å². The molecule has 1 atom stereocenters. The first-order valence-corrected chi connectivity index (χ1v) is 6.95. The lowest BCUT2D eigenvalue weighted by Gasteiger charge is -2.17. The van der Waals surface area contributed by atoms with Gasteiger partial charge in [-0.2, -0.15) is 0 Å². The Hall–Kier alpha value is -2.07. The van der Waals surface area contributed by atoms with Crippen molar-refractivity contribution in [1.82, 2.24) is 4.98 Å². The lowest BCUT2D eigenvalue weighted by molar-refractivity contribution is 0.210. The molecule has 0 bridgehead atoms. The monoisotopic (exact) mass is 287 g/mol. The predicted octanol–water partition coefficient (Wildman–Crippen LogP) is 3.27. The summed E-state index contributed by atoms with van der Waals surface area (Å²) in [5.41, 5.74) is 2.46. The van der Waals surface area contributed by atoms with Crippen LogP contribution in [0.25, 0.3) is 0 Å². The van der Waals surface area contributed by atoms with E-state index in [-0.39, 0.29) is 6.10 Å². The summed E-state index contributed by atoms with van der Waals surface area (Å²) in [6, 6.07) is 7.53. The summed E-state index contributed by atoms with van der Waals surface area (Å²) in [6.07, 6.45) is 2.54. The highest BCUT2D eigenvalue weighted by atomic mass is 16.5. The largest absolute Gasteiger partial charge is 0.496 e. The van der Waals surface area contributed by atoms with Gasteiger partial charge in [-0.3, -0.25) is 4.98 Å². The van der Waals surface area contributed by atoms with Crippen molar-refractivity contribution < 1.29 is 14.6 Å². The zero-order valence-corrected chi connectivity index (χ0v) is 12.8. The quantitative estimate of drug-likeness (QED) is 0.917. The molecule has 0 saturated heterocycles. The first-order valence-electron chi connectivity index (χ1n) is 6.95. The van der Waals surface area contributed by atoms with Crippen molar-refractivity contribution in [3.63, 3.8) is 0 Å². The second-order valence-electron chi connectivity index (χ2n) is 5.27. The number of rotatable bonds is 5. The molecule has 0 saturated carbocycles. The van der Waals surface area contributed by atoms with Crippen LogP contribution in [0.15, 0.2) is 36.7 Å². The predicted molar refractivity (Wildman–Crippen MR) is 81.8 cm³/mol. The van der Waals surface area contributed by atoms with Crippen molar-refractivity contribution in [3.8, 4) is 11.5 Å². The number of methoxy groups -OCH3 is 1. The number of aromatic nitrogens is 1. The number of hydrogen-bond donors (Lipinski definition) is 1. The molecule has 1 heterocycles. The van der Waals surface area contributed by atoms with E-state index in [2.05, 4.69) is 4.98 Å². The number of aryl methyl sites for hydroxylation is 1. The van der Waals surface area contributed by atoms with Crippen LogP contribution in [0.3, 0.4) is 0 Å². The summed E-state index contributed by atoms with van der Waals surface area (Å²) in [6.45, 7) is 5.88. The molecule has 21 heavy (non-hydrogen) atoms. The maximum absolute atomic E-state index is 10.6. The lowest BCUT2D eigenvalue weighted by atomic mass is 10.00. The number of pyridine rings is 1. The highest BCUT2D eigenvalue weighted by Crippen LogP contribution is 2.31. The zero-order valence-electron chi connectivity index (χ0n) is 12.8. The summed E-state index contributed by atoms with van der Waals surface area (Å²) < 4.78 is 10.9. The van der Waals surface area contributed by atoms with E-state index < -0.39 is 6.10 Å². The summed E-state index contributed by atoms with van der Waals surface area (Å²) in [5.74, 6) is 1.30. The topological polar surface area (TPSA) is 51.6 Å². The molecule has 1 N–H and O–H groups in total. The molecule has 1 unspecified atom stereocenters. The minimum Gasteiger partial charge on any atom is -0.496 e. The van der Waals surface area contributed by atoms with Gasteiger partial charge >= 0.3 is 0 Å². The van der Waals surface area contributed by atoms with Crippen molar-refractivity contribution in [1.29, 1.82) is 0 Å². The van der Waals surface area contributed by atoms with E-state index in [9.17, 15) is 5.11 Å². The smallest absolute Gasteiger partial charge is 0.138 e. The van der Waals surface area contributed by atoms with Gasteiger partial charge in [-0.25, -0.2) is 0 Å². The maximum atomic E-state index is 10.6. The fourth-order valence-electron chi connectivity index (χ4n) is 2.17. The van der Waals surface area contributed by atoms with E-state index in [1.165, 1.54) is 0 Å². The van der Waals surface area contributed by atoms with Gasteiger partial charge in [0.15, 0.2) is 0 Å². The Bertz CT molecular complexity index is 611. The Morgan fingerprint density at radius 2 is 1.90 bits per heavy atom. The minimum atomic E-state index is -0.803. The van der Waals surface area contributed by atoms with Gasteiger partial charge in [-0.05, 0) is 39.0 Å². The number of nitrogens with zero attached hydrogens (tertiary/aromatic N) is 1. The van der Waals surface area contributed by atoms with Gasteiger partial charge in [0.05, 0.1) is 19.4 Å². The average Bonchev–Trinajstić information content (AvgIpc) is 2.46. The average molecular weight is 287 g/mol. The van der Waals surface area contributed by atoms with E-state index in [4.69, 9.17) is 9.47 Å². The van der Waals surface area contributed by atoms with Crippen molar-refractivity contribution in [2.24, 2.45) is 0 Å². The molecule has 112 valence electrons. The molecule has 4 heteroatoms. The minimum absolute atomic E-state index is 0.0627. The highest BCUT2D eigenvalue weighted by Gasteiger charge is 2.17. The Morgan fingerprint density at radius 1 is 1.14 bits per heavy atom. The molecule has 1 aromatic carbocycles. The van der Waals surface area contributed by atoms with Gasteiger partial charge in [-0.1, -0.05) is 11.6 Å². The van der Waals surface area contributed by atoms with Crippen LogP contribution in [0.1, 0.15) is 36.6 Å². The maximum Gasteiger partial charge on any atom is 0.138 e. The number of aliphatic hydroxyl groups is 1. The van der Waals surface area contributed by atoms with Crippen LogP contribution in [-0.4, -0.2) is 23.3 Å². The second kappa shape index (κ2) is 6.59. The van der Waals surface area contributed by atoms with Gasteiger partial charge in [-0.15, -0.1) is 0 Å². The van der Waals surface area contributed by atoms with Crippen LogP contribution in [0.5, 0.6) is 11.5 Å². The fraction of sp³-hybridized carbons (Fsp3) is 0.353. The lowest BCUT2D eigenvalue weighted by Crippen LogP contribution is -2.08. The summed E-state index contributed by atoms with van der Waals surface area (Å²) >= 11 is 0. The molecule has 1 aromatic heterocycles. The molecular formula is C17H21NO3. The van der Waals surface area contributed by atoms with Crippen LogP contribution < -0.4 is 9.47 Å². The van der Waals surface area contributed by atoms with E-state index in [1.807, 2.05) is 39.0 Å². The van der Waals surface area contributed by atoms with Gasteiger partial charge in [0.25, 0.3) is 0 Å². The number of benzene rings is 1. The first kappa shape index (κ1) is 15.3. The van der Waals surface area contributed by atoms with Gasteiger partial charge in [0.2, 0.25) is 0 Å². The normalized spacial score (nSPS) is 12.3. The molecule has 2 rings (SSSR count).